The molecule has 0 aliphatic carbocycles. The molecule has 1 heterocycles. The number of aliphatic imine (C=N–C) groups is 1. The summed E-state index contributed by atoms with van der Waals surface area (Å²) in [7, 11) is 1.90. The maximum atomic E-state index is 13.5. The van der Waals surface area contributed by atoms with Crippen molar-refractivity contribution in [1.82, 2.24) is 9.80 Å². The van der Waals surface area contributed by atoms with Crippen LogP contribution < -0.4 is 0 Å². The number of carbonyl (C=O) groups excluding carboxylic acids is 1. The van der Waals surface area contributed by atoms with E-state index in [1.54, 1.807) is 42.2 Å². The van der Waals surface area contributed by atoms with Crippen molar-refractivity contribution >= 4 is 11.7 Å². The van der Waals surface area contributed by atoms with Crippen molar-refractivity contribution in [3.8, 4) is 0 Å². The molecule has 0 saturated carbocycles. The SMILES string of the molecule is C=CC1=C(N=C(C)N(C)C(c2ccc(F)cc2)c2ccc(F)cc2)CN(C(C)=O)CC1. The van der Waals surface area contributed by atoms with E-state index in [0.717, 1.165) is 28.2 Å². The van der Waals surface area contributed by atoms with Crippen molar-refractivity contribution in [2.75, 3.05) is 20.1 Å². The number of allylic oxidation sites excluding steroid dienone is 1. The Labute approximate surface area is 182 Å². The summed E-state index contributed by atoms with van der Waals surface area (Å²) in [6.07, 6.45) is 2.50. The van der Waals surface area contributed by atoms with Crippen LogP contribution in [-0.4, -0.2) is 41.7 Å². The summed E-state index contributed by atoms with van der Waals surface area (Å²) < 4.78 is 27.0. The Kier molecular flexibility index (Phi) is 7.00. The summed E-state index contributed by atoms with van der Waals surface area (Å²) in [4.78, 5) is 20.4. The van der Waals surface area contributed by atoms with E-state index >= 15 is 0 Å². The Balaban J connectivity index is 1.99. The third-order valence-corrected chi connectivity index (χ3v) is 5.62. The number of rotatable bonds is 5. The summed E-state index contributed by atoms with van der Waals surface area (Å²) in [5.41, 5.74) is 3.54. The van der Waals surface area contributed by atoms with E-state index in [2.05, 4.69) is 6.58 Å². The highest BCUT2D eigenvalue weighted by molar-refractivity contribution is 5.82. The third-order valence-electron chi connectivity index (χ3n) is 5.62. The molecule has 162 valence electrons. The number of carbonyl (C=O) groups is 1. The third kappa shape index (κ3) is 5.26. The molecule has 0 aromatic heterocycles. The quantitative estimate of drug-likeness (QED) is 0.496. The van der Waals surface area contributed by atoms with Gasteiger partial charge in [-0.25, -0.2) is 13.8 Å². The van der Waals surface area contributed by atoms with E-state index in [-0.39, 0.29) is 23.6 Å². The Morgan fingerprint density at radius 1 is 1.06 bits per heavy atom. The average Bonchev–Trinajstić information content (AvgIpc) is 2.76. The zero-order chi connectivity index (χ0) is 22.5. The van der Waals surface area contributed by atoms with Crippen LogP contribution in [0, 0.1) is 11.6 Å². The van der Waals surface area contributed by atoms with Gasteiger partial charge in [-0.3, -0.25) is 4.79 Å². The van der Waals surface area contributed by atoms with Crippen molar-refractivity contribution in [3.05, 3.63) is 95.2 Å². The van der Waals surface area contributed by atoms with Gasteiger partial charge in [-0.15, -0.1) is 0 Å². The minimum Gasteiger partial charge on any atom is -0.352 e. The molecule has 4 nitrogen and oxygen atoms in total. The van der Waals surface area contributed by atoms with Crippen LogP contribution in [0.25, 0.3) is 0 Å². The fraction of sp³-hybridized carbons (Fsp3) is 0.280. The number of hydrogen-bond donors (Lipinski definition) is 0. The van der Waals surface area contributed by atoms with Gasteiger partial charge in [0.2, 0.25) is 5.91 Å². The van der Waals surface area contributed by atoms with Crippen molar-refractivity contribution in [1.29, 1.82) is 0 Å². The van der Waals surface area contributed by atoms with Gasteiger partial charge in [0.1, 0.15) is 17.5 Å². The van der Waals surface area contributed by atoms with Gasteiger partial charge >= 0.3 is 0 Å². The molecule has 0 radical (unpaired) electrons. The molecular weight excluding hydrogens is 396 g/mol. The normalized spacial score (nSPS) is 14.8. The van der Waals surface area contributed by atoms with E-state index in [9.17, 15) is 13.6 Å². The molecule has 1 aliphatic heterocycles. The first kappa shape index (κ1) is 22.4. The molecule has 0 atom stereocenters. The van der Waals surface area contributed by atoms with Crippen molar-refractivity contribution in [3.63, 3.8) is 0 Å². The minimum absolute atomic E-state index is 0.0114. The first-order chi connectivity index (χ1) is 14.8. The molecule has 6 heteroatoms. The molecule has 1 amide bonds. The van der Waals surface area contributed by atoms with E-state index in [4.69, 9.17) is 4.99 Å². The van der Waals surface area contributed by atoms with E-state index in [0.29, 0.717) is 19.5 Å². The van der Waals surface area contributed by atoms with Crippen LogP contribution >= 0.6 is 0 Å². The van der Waals surface area contributed by atoms with Crippen LogP contribution in [-0.2, 0) is 4.79 Å². The number of halogens is 2. The molecule has 31 heavy (non-hydrogen) atoms. The van der Waals surface area contributed by atoms with Crippen LogP contribution in [0.4, 0.5) is 8.78 Å². The lowest BCUT2D eigenvalue weighted by Crippen LogP contribution is -2.36. The molecule has 1 aliphatic rings. The largest absolute Gasteiger partial charge is 0.352 e. The highest BCUT2D eigenvalue weighted by Crippen LogP contribution is 2.29. The Bertz CT molecular complexity index is 965. The molecule has 0 N–H and O–H groups in total. The van der Waals surface area contributed by atoms with Crippen molar-refractivity contribution in [2.45, 2.75) is 26.3 Å². The fourth-order valence-electron chi connectivity index (χ4n) is 3.75. The monoisotopic (exact) mass is 423 g/mol. The average molecular weight is 424 g/mol. The van der Waals surface area contributed by atoms with Crippen LogP contribution in [0.2, 0.25) is 0 Å². The lowest BCUT2D eigenvalue weighted by molar-refractivity contribution is -0.128. The first-order valence-corrected chi connectivity index (χ1v) is 10.2. The summed E-state index contributed by atoms with van der Waals surface area (Å²) >= 11 is 0. The second-order valence-electron chi connectivity index (χ2n) is 7.64. The van der Waals surface area contributed by atoms with Crippen molar-refractivity contribution < 1.29 is 13.6 Å². The van der Waals surface area contributed by atoms with Gasteiger partial charge in [-0.05, 0) is 54.3 Å². The van der Waals surface area contributed by atoms with E-state index in [1.807, 2.05) is 18.9 Å². The molecule has 0 fully saturated rings. The molecule has 2 aromatic carbocycles. The molecule has 3 rings (SSSR count). The fourth-order valence-corrected chi connectivity index (χ4v) is 3.75. The molecule has 0 bridgehead atoms. The molecule has 0 spiro atoms. The van der Waals surface area contributed by atoms with Gasteiger partial charge in [0.05, 0.1) is 18.3 Å². The lowest BCUT2D eigenvalue weighted by atomic mass is 9.97. The number of amides is 1. The van der Waals surface area contributed by atoms with Gasteiger partial charge in [0, 0.05) is 20.5 Å². The molecular formula is C25H27F2N3O. The Morgan fingerprint density at radius 2 is 1.58 bits per heavy atom. The van der Waals surface area contributed by atoms with Gasteiger partial charge in [0.25, 0.3) is 0 Å². The lowest BCUT2D eigenvalue weighted by Gasteiger charge is -2.32. The highest BCUT2D eigenvalue weighted by Gasteiger charge is 2.23. The predicted octanol–water partition coefficient (Wildman–Crippen LogP) is 5.10. The maximum absolute atomic E-state index is 13.5. The van der Waals surface area contributed by atoms with Crippen LogP contribution in [0.1, 0.15) is 37.4 Å². The minimum atomic E-state index is -0.318. The van der Waals surface area contributed by atoms with E-state index in [1.165, 1.54) is 24.3 Å². The number of hydrogen-bond acceptors (Lipinski definition) is 2. The topological polar surface area (TPSA) is 35.9 Å². The molecule has 2 aromatic rings. The highest BCUT2D eigenvalue weighted by atomic mass is 19.1. The zero-order valence-electron chi connectivity index (χ0n) is 18.1. The summed E-state index contributed by atoms with van der Waals surface area (Å²) in [6, 6.07) is 12.3. The second kappa shape index (κ2) is 9.69. The van der Waals surface area contributed by atoms with Crippen LogP contribution in [0.15, 0.2) is 77.4 Å². The summed E-state index contributed by atoms with van der Waals surface area (Å²) in [5.74, 6) is 0.0969. The van der Waals surface area contributed by atoms with E-state index < -0.39 is 0 Å². The van der Waals surface area contributed by atoms with Crippen LogP contribution in [0.5, 0.6) is 0 Å². The van der Waals surface area contributed by atoms with Crippen LogP contribution in [0.3, 0.4) is 0 Å². The summed E-state index contributed by atoms with van der Waals surface area (Å²) in [5, 5.41) is 0. The summed E-state index contributed by atoms with van der Waals surface area (Å²) in [6.45, 7) is 8.41. The first-order valence-electron chi connectivity index (χ1n) is 10.2. The van der Waals surface area contributed by atoms with Crippen molar-refractivity contribution in [2.24, 2.45) is 4.99 Å². The Morgan fingerprint density at radius 3 is 2.03 bits per heavy atom. The van der Waals surface area contributed by atoms with Gasteiger partial charge in [-0.2, -0.15) is 0 Å². The second-order valence-corrected chi connectivity index (χ2v) is 7.64. The predicted molar refractivity (Wildman–Crippen MR) is 120 cm³/mol. The number of amidine groups is 1. The van der Waals surface area contributed by atoms with Gasteiger partial charge in [0.15, 0.2) is 0 Å². The standard InChI is InChI=1S/C25H27F2N3O/c1-5-19-14-15-30(18(3)31)16-24(19)28-17(2)29(4)25(20-6-10-22(26)11-7-20)21-8-12-23(27)13-9-21/h5-13,25H,1,14-16H2,2-4H3. The van der Waals surface area contributed by atoms with Gasteiger partial charge < -0.3 is 9.80 Å². The van der Waals surface area contributed by atoms with Gasteiger partial charge in [-0.1, -0.05) is 36.9 Å². The number of nitrogens with zero attached hydrogens (tertiary/aromatic N) is 3. The smallest absolute Gasteiger partial charge is 0.219 e. The molecule has 0 unspecified atom stereocenters. The number of benzene rings is 2. The molecule has 0 saturated heterocycles. The Hall–Kier alpha value is -3.28. The zero-order valence-corrected chi connectivity index (χ0v) is 18.1. The maximum Gasteiger partial charge on any atom is 0.219 e.